The van der Waals surface area contributed by atoms with Crippen molar-refractivity contribution >= 4 is 5.91 Å². The second-order valence-electron chi connectivity index (χ2n) is 5.90. The minimum absolute atomic E-state index is 0.0152. The van der Waals surface area contributed by atoms with Crippen molar-refractivity contribution in [3.8, 4) is 5.75 Å². The zero-order valence-electron chi connectivity index (χ0n) is 14.6. The molecule has 2 aromatic carbocycles. The third-order valence-corrected chi connectivity index (χ3v) is 3.90. The monoisotopic (exact) mass is 384 g/mol. The van der Waals surface area contributed by atoms with Gasteiger partial charge in [0.25, 0.3) is 0 Å². The standard InChI is InChI=1S/C19H20F4N2O2/c1-12(14-4-7-16(20)17(21)10-14)25-11-18(26)24-9-8-13-2-5-15(6-3-13)27-19(22)23/h2-7,10,12,19,25H,8-9,11H2,1H3,(H,24,26)/t12-/m1/s1. The number of hydrogen-bond acceptors (Lipinski definition) is 3. The number of alkyl halides is 2. The molecule has 8 heteroatoms. The van der Waals surface area contributed by atoms with Crippen LogP contribution < -0.4 is 15.4 Å². The fraction of sp³-hybridized carbons (Fsp3) is 0.316. The molecule has 0 unspecified atom stereocenters. The first-order valence-corrected chi connectivity index (χ1v) is 8.34. The van der Waals surface area contributed by atoms with E-state index in [2.05, 4.69) is 15.4 Å². The number of benzene rings is 2. The smallest absolute Gasteiger partial charge is 0.387 e. The van der Waals surface area contributed by atoms with E-state index in [4.69, 9.17) is 0 Å². The lowest BCUT2D eigenvalue weighted by Crippen LogP contribution is -2.36. The number of rotatable bonds is 9. The van der Waals surface area contributed by atoms with E-state index in [1.807, 2.05) is 0 Å². The summed E-state index contributed by atoms with van der Waals surface area (Å²) in [5, 5.41) is 5.65. The van der Waals surface area contributed by atoms with E-state index in [0.717, 1.165) is 17.7 Å². The van der Waals surface area contributed by atoms with Gasteiger partial charge in [0, 0.05) is 12.6 Å². The lowest BCUT2D eigenvalue weighted by Gasteiger charge is -2.14. The molecule has 2 rings (SSSR count). The van der Waals surface area contributed by atoms with Gasteiger partial charge in [-0.3, -0.25) is 4.79 Å². The molecule has 0 fully saturated rings. The Morgan fingerprint density at radius 3 is 2.41 bits per heavy atom. The number of amides is 1. The highest BCUT2D eigenvalue weighted by molar-refractivity contribution is 5.78. The minimum Gasteiger partial charge on any atom is -0.435 e. The Hall–Kier alpha value is -2.61. The molecule has 2 N–H and O–H groups in total. The first kappa shape index (κ1) is 20.7. The first-order valence-electron chi connectivity index (χ1n) is 8.34. The van der Waals surface area contributed by atoms with Crippen molar-refractivity contribution in [1.82, 2.24) is 10.6 Å². The number of ether oxygens (including phenoxy) is 1. The minimum atomic E-state index is -2.86. The van der Waals surface area contributed by atoms with Crippen LogP contribution in [0.1, 0.15) is 24.1 Å². The highest BCUT2D eigenvalue weighted by atomic mass is 19.3. The van der Waals surface area contributed by atoms with Crippen molar-refractivity contribution in [3.05, 3.63) is 65.2 Å². The second kappa shape index (κ2) is 9.91. The molecule has 146 valence electrons. The van der Waals surface area contributed by atoms with Gasteiger partial charge in [0.1, 0.15) is 5.75 Å². The molecule has 2 aromatic rings. The lowest BCUT2D eigenvalue weighted by atomic mass is 10.1. The summed E-state index contributed by atoms with van der Waals surface area (Å²) in [6, 6.07) is 9.43. The van der Waals surface area contributed by atoms with Crippen LogP contribution in [0, 0.1) is 11.6 Å². The summed E-state index contributed by atoms with van der Waals surface area (Å²) in [4.78, 5) is 11.9. The summed E-state index contributed by atoms with van der Waals surface area (Å²) in [7, 11) is 0. The van der Waals surface area contributed by atoms with E-state index in [9.17, 15) is 22.4 Å². The fourth-order valence-corrected chi connectivity index (χ4v) is 2.39. The van der Waals surface area contributed by atoms with Crippen molar-refractivity contribution in [2.45, 2.75) is 26.0 Å². The maximum Gasteiger partial charge on any atom is 0.387 e. The zero-order valence-corrected chi connectivity index (χ0v) is 14.6. The molecule has 0 aliphatic heterocycles. The average Bonchev–Trinajstić information content (AvgIpc) is 2.63. The molecule has 0 spiro atoms. The van der Waals surface area contributed by atoms with Crippen molar-refractivity contribution in [3.63, 3.8) is 0 Å². The SMILES string of the molecule is C[C@@H](NCC(=O)NCCc1ccc(OC(F)F)cc1)c1ccc(F)c(F)c1. The summed E-state index contributed by atoms with van der Waals surface area (Å²) in [6.07, 6.45) is 0.527. The molecule has 27 heavy (non-hydrogen) atoms. The first-order chi connectivity index (χ1) is 12.8. The average molecular weight is 384 g/mol. The van der Waals surface area contributed by atoms with Crippen LogP contribution in [0.3, 0.4) is 0 Å². The van der Waals surface area contributed by atoms with Crippen molar-refractivity contribution in [1.29, 1.82) is 0 Å². The van der Waals surface area contributed by atoms with Gasteiger partial charge in [0.2, 0.25) is 5.91 Å². The van der Waals surface area contributed by atoms with Gasteiger partial charge in [-0.2, -0.15) is 8.78 Å². The third kappa shape index (κ3) is 6.90. The number of halogens is 4. The van der Waals surface area contributed by atoms with E-state index < -0.39 is 18.2 Å². The summed E-state index contributed by atoms with van der Waals surface area (Å²) in [5.74, 6) is -2.02. The van der Waals surface area contributed by atoms with E-state index in [0.29, 0.717) is 18.5 Å². The summed E-state index contributed by atoms with van der Waals surface area (Å²) >= 11 is 0. The van der Waals surface area contributed by atoms with Crippen LogP contribution in [0.15, 0.2) is 42.5 Å². The van der Waals surface area contributed by atoms with Gasteiger partial charge in [0.15, 0.2) is 11.6 Å². The number of carbonyl (C=O) groups excluding carboxylic acids is 1. The number of hydrogen-bond donors (Lipinski definition) is 2. The van der Waals surface area contributed by atoms with Gasteiger partial charge < -0.3 is 15.4 Å². The van der Waals surface area contributed by atoms with Crippen LogP contribution in [-0.4, -0.2) is 25.6 Å². The third-order valence-electron chi connectivity index (χ3n) is 3.90. The van der Waals surface area contributed by atoms with E-state index >= 15 is 0 Å². The highest BCUT2D eigenvalue weighted by Gasteiger charge is 2.10. The highest BCUT2D eigenvalue weighted by Crippen LogP contribution is 2.16. The van der Waals surface area contributed by atoms with Crippen LogP contribution in [-0.2, 0) is 11.2 Å². The normalized spacial score (nSPS) is 12.1. The van der Waals surface area contributed by atoms with Crippen molar-refractivity contribution in [2.75, 3.05) is 13.1 Å². The maximum atomic E-state index is 13.2. The van der Waals surface area contributed by atoms with Gasteiger partial charge in [-0.05, 0) is 48.7 Å². The summed E-state index contributed by atoms with van der Waals surface area (Å²) in [6.45, 7) is -0.740. The van der Waals surface area contributed by atoms with Crippen LogP contribution in [0.2, 0.25) is 0 Å². The molecule has 0 aliphatic rings. The van der Waals surface area contributed by atoms with Crippen LogP contribution in [0.25, 0.3) is 0 Å². The molecule has 0 heterocycles. The lowest BCUT2D eigenvalue weighted by molar-refractivity contribution is -0.120. The molecular formula is C19H20F4N2O2. The van der Waals surface area contributed by atoms with Gasteiger partial charge >= 0.3 is 6.61 Å². The Balaban J connectivity index is 1.70. The number of nitrogens with one attached hydrogen (secondary N) is 2. The van der Waals surface area contributed by atoms with Crippen molar-refractivity contribution in [2.24, 2.45) is 0 Å². The van der Waals surface area contributed by atoms with Gasteiger partial charge in [-0.15, -0.1) is 0 Å². The summed E-state index contributed by atoms with van der Waals surface area (Å²) in [5.41, 5.74) is 1.40. The molecule has 4 nitrogen and oxygen atoms in total. The predicted molar refractivity (Wildman–Crippen MR) is 92.6 cm³/mol. The van der Waals surface area contributed by atoms with E-state index in [1.165, 1.54) is 18.2 Å². The molecule has 0 aliphatic carbocycles. The van der Waals surface area contributed by atoms with Gasteiger partial charge in [-0.25, -0.2) is 8.78 Å². The predicted octanol–water partition coefficient (Wildman–Crippen LogP) is 3.58. The molecular weight excluding hydrogens is 364 g/mol. The quantitative estimate of drug-likeness (QED) is 0.650. The zero-order chi connectivity index (χ0) is 19.8. The molecule has 0 saturated carbocycles. The molecule has 1 atom stereocenters. The van der Waals surface area contributed by atoms with Crippen LogP contribution >= 0.6 is 0 Å². The Morgan fingerprint density at radius 1 is 1.07 bits per heavy atom. The van der Waals surface area contributed by atoms with Crippen LogP contribution in [0.4, 0.5) is 17.6 Å². The maximum absolute atomic E-state index is 13.2. The van der Waals surface area contributed by atoms with Gasteiger partial charge in [-0.1, -0.05) is 18.2 Å². The molecule has 0 radical (unpaired) electrons. The van der Waals surface area contributed by atoms with E-state index in [-0.39, 0.29) is 24.2 Å². The topological polar surface area (TPSA) is 50.4 Å². The molecule has 0 bridgehead atoms. The van der Waals surface area contributed by atoms with Gasteiger partial charge in [0.05, 0.1) is 6.54 Å². The summed E-state index contributed by atoms with van der Waals surface area (Å²) < 4.78 is 54.6. The molecule has 0 aromatic heterocycles. The Bertz CT molecular complexity index is 754. The Labute approximate surface area is 154 Å². The largest absolute Gasteiger partial charge is 0.435 e. The number of carbonyl (C=O) groups is 1. The van der Waals surface area contributed by atoms with E-state index in [1.54, 1.807) is 19.1 Å². The van der Waals surface area contributed by atoms with Crippen molar-refractivity contribution < 1.29 is 27.1 Å². The Morgan fingerprint density at radius 2 is 1.78 bits per heavy atom. The fourth-order valence-electron chi connectivity index (χ4n) is 2.39. The molecule has 1 amide bonds. The Kier molecular flexibility index (Phi) is 7.60. The second-order valence-corrected chi connectivity index (χ2v) is 5.90. The van der Waals surface area contributed by atoms with Crippen LogP contribution in [0.5, 0.6) is 5.75 Å². The molecule has 0 saturated heterocycles.